The van der Waals surface area contributed by atoms with E-state index in [0.717, 1.165) is 83.5 Å². The molecule has 81 heavy (non-hydrogen) atoms. The number of likely N-dealkylation sites (N-methyl/N-ethyl adjacent to an activating group) is 1. The summed E-state index contributed by atoms with van der Waals surface area (Å²) in [7, 11) is 5.92. The van der Waals surface area contributed by atoms with Crippen molar-refractivity contribution in [3.8, 4) is 0 Å². The van der Waals surface area contributed by atoms with Crippen molar-refractivity contribution in [2.75, 3.05) is 47.5 Å². The Labute approximate surface area is 501 Å². The lowest BCUT2D eigenvalue weighted by atomic mass is 10.0. The first-order valence-electron chi connectivity index (χ1n) is 34.4. The van der Waals surface area contributed by atoms with Gasteiger partial charge in [0.15, 0.2) is 12.4 Å². The first-order chi connectivity index (χ1) is 39.6. The average molecular weight is 1140 g/mol. The molecule has 0 saturated heterocycles. The Bertz CT molecular complexity index is 1510. The molecule has 2 atom stereocenters. The van der Waals surface area contributed by atoms with Gasteiger partial charge in [0.1, 0.15) is 13.2 Å². The minimum atomic E-state index is -1.63. The number of carbonyl (C=O) groups is 3. The lowest BCUT2D eigenvalue weighted by Crippen LogP contribution is -2.44. The maximum Gasteiger partial charge on any atom is 0.306 e. The van der Waals surface area contributed by atoms with E-state index in [0.29, 0.717) is 17.4 Å². The van der Waals surface area contributed by atoms with Crippen LogP contribution in [0.3, 0.4) is 0 Å². The Kier molecular flexibility index (Phi) is 60.7. The van der Waals surface area contributed by atoms with E-state index in [1.165, 1.54) is 205 Å². The minimum Gasteiger partial charge on any atom is -0.545 e. The topological polar surface area (TPSA) is 111 Å². The van der Waals surface area contributed by atoms with Crippen molar-refractivity contribution in [3.63, 3.8) is 0 Å². The molecule has 0 aromatic heterocycles. The molecule has 0 amide bonds. The number of esters is 2. The first-order valence-corrected chi connectivity index (χ1v) is 34.4. The molecule has 0 aliphatic rings. The van der Waals surface area contributed by atoms with Crippen LogP contribution in [-0.2, 0) is 33.3 Å². The molecular formula is C72H131NO8. The normalized spacial score (nSPS) is 13.0. The average Bonchev–Trinajstić information content (AvgIpc) is 3.44. The van der Waals surface area contributed by atoms with Gasteiger partial charge in [0.25, 0.3) is 0 Å². The zero-order valence-corrected chi connectivity index (χ0v) is 53.9. The summed E-state index contributed by atoms with van der Waals surface area (Å²) in [5, 5.41) is 11.8. The van der Waals surface area contributed by atoms with Crippen LogP contribution in [0, 0.1) is 0 Å². The molecule has 0 fully saturated rings. The van der Waals surface area contributed by atoms with E-state index in [9.17, 15) is 19.5 Å². The molecule has 0 saturated carbocycles. The summed E-state index contributed by atoms with van der Waals surface area (Å²) in [4.78, 5) is 37.4. The largest absolute Gasteiger partial charge is 0.545 e. The highest BCUT2D eigenvalue weighted by atomic mass is 16.7. The second-order valence-electron chi connectivity index (χ2n) is 24.4. The third-order valence-corrected chi connectivity index (χ3v) is 15.3. The minimum absolute atomic E-state index is 0.143. The molecule has 0 N–H and O–H groups in total. The van der Waals surface area contributed by atoms with Gasteiger partial charge in [-0.3, -0.25) is 9.59 Å². The van der Waals surface area contributed by atoms with Crippen LogP contribution in [0.2, 0.25) is 0 Å². The summed E-state index contributed by atoms with van der Waals surface area (Å²) in [6.45, 7) is 4.65. The summed E-state index contributed by atoms with van der Waals surface area (Å²) in [6, 6.07) is 0. The van der Waals surface area contributed by atoms with Crippen LogP contribution >= 0.6 is 0 Å². The molecule has 0 rings (SSSR count). The molecule has 0 spiro atoms. The molecule has 0 aliphatic carbocycles. The summed E-state index contributed by atoms with van der Waals surface area (Å²) >= 11 is 0. The van der Waals surface area contributed by atoms with Crippen LogP contribution < -0.4 is 5.11 Å². The van der Waals surface area contributed by atoms with Gasteiger partial charge in [-0.25, -0.2) is 0 Å². The van der Waals surface area contributed by atoms with E-state index >= 15 is 0 Å². The Hall–Kier alpha value is -3.01. The van der Waals surface area contributed by atoms with Crippen LogP contribution in [0.25, 0.3) is 0 Å². The van der Waals surface area contributed by atoms with Crippen molar-refractivity contribution >= 4 is 17.9 Å². The van der Waals surface area contributed by atoms with E-state index < -0.39 is 24.3 Å². The van der Waals surface area contributed by atoms with Crippen molar-refractivity contribution in [1.29, 1.82) is 0 Å². The highest BCUT2D eigenvalue weighted by Gasteiger charge is 2.22. The van der Waals surface area contributed by atoms with E-state index in [4.69, 9.17) is 18.9 Å². The highest BCUT2D eigenvalue weighted by molar-refractivity contribution is 5.70. The Morgan fingerprint density at radius 2 is 0.704 bits per heavy atom. The molecule has 0 radical (unpaired) electrons. The molecule has 0 aromatic rings. The van der Waals surface area contributed by atoms with Crippen LogP contribution in [0.1, 0.15) is 322 Å². The third kappa shape index (κ3) is 64.4. The molecule has 0 bridgehead atoms. The van der Waals surface area contributed by atoms with Gasteiger partial charge in [0, 0.05) is 12.8 Å². The van der Waals surface area contributed by atoms with Gasteiger partial charge in [0.05, 0.1) is 40.3 Å². The number of rotatable bonds is 64. The lowest BCUT2D eigenvalue weighted by Gasteiger charge is -2.26. The quantitative estimate of drug-likeness (QED) is 0.0195. The summed E-state index contributed by atoms with van der Waals surface area (Å²) < 4.78 is 22.8. The zero-order chi connectivity index (χ0) is 59.1. The fourth-order valence-electron chi connectivity index (χ4n) is 10.0. The summed E-state index contributed by atoms with van der Waals surface area (Å²) in [5.74, 6) is -2.30. The number of allylic oxidation sites excluding steroid dienone is 10. The van der Waals surface area contributed by atoms with Gasteiger partial charge in [-0.15, -0.1) is 0 Å². The second kappa shape index (κ2) is 63.0. The Morgan fingerprint density at radius 3 is 1.05 bits per heavy atom. The van der Waals surface area contributed by atoms with Gasteiger partial charge >= 0.3 is 11.9 Å². The first kappa shape index (κ1) is 78.0. The molecule has 9 heteroatoms. The number of nitrogens with zero attached hydrogens (tertiary/aromatic N) is 1. The lowest BCUT2D eigenvalue weighted by molar-refractivity contribution is -0.870. The van der Waals surface area contributed by atoms with E-state index in [2.05, 4.69) is 74.6 Å². The van der Waals surface area contributed by atoms with Gasteiger partial charge in [-0.1, -0.05) is 312 Å². The molecule has 2 unspecified atom stereocenters. The van der Waals surface area contributed by atoms with Gasteiger partial charge in [-0.2, -0.15) is 0 Å². The molecule has 0 heterocycles. The Balaban J connectivity index is 4.04. The van der Waals surface area contributed by atoms with E-state index in [1.807, 2.05) is 21.1 Å². The Morgan fingerprint density at radius 1 is 0.383 bits per heavy atom. The van der Waals surface area contributed by atoms with E-state index in [1.54, 1.807) is 0 Å². The van der Waals surface area contributed by atoms with Gasteiger partial charge < -0.3 is 33.3 Å². The van der Waals surface area contributed by atoms with Gasteiger partial charge in [0.2, 0.25) is 0 Å². The number of quaternary nitrogens is 1. The number of aliphatic carboxylic acids is 1. The van der Waals surface area contributed by atoms with Crippen LogP contribution in [0.4, 0.5) is 0 Å². The fraction of sp³-hybridized carbons (Fsp3) is 0.819. The number of hydrogen-bond donors (Lipinski definition) is 0. The van der Waals surface area contributed by atoms with Crippen LogP contribution in [-0.4, -0.2) is 82.3 Å². The fourth-order valence-corrected chi connectivity index (χ4v) is 10.0. The monoisotopic (exact) mass is 1140 g/mol. The van der Waals surface area contributed by atoms with Crippen molar-refractivity contribution in [1.82, 2.24) is 0 Å². The number of carbonyl (C=O) groups excluding carboxylic acids is 3. The predicted octanol–water partition coefficient (Wildman–Crippen LogP) is 19.8. The molecular weight excluding hydrogens is 1010 g/mol. The number of hydrogen-bond acceptors (Lipinski definition) is 8. The molecule has 0 aliphatic heterocycles. The standard InChI is InChI=1S/C72H131NO8/c1-6-8-10-12-14-16-18-20-22-24-26-28-29-30-31-32-33-34-35-36-37-38-39-40-41-43-44-46-48-50-52-54-56-58-60-62-69(74)79-66-68(67-80-72(71(76)77)78-65-64-73(3,4)5)81-70(75)63-61-59-57-55-53-51-49-47-45-42-27-25-23-21-19-17-15-13-11-9-7-2/h9,11,15,17,21,23,27,42,47,49,68,72H,6-8,10,12-14,16,18-20,22,24-26,28-41,43-46,48,50-67H2,1-5H3/b11-9-,17-15-,23-21-,42-27-,49-47-. The molecule has 0 aromatic carbocycles. The molecule has 472 valence electrons. The second-order valence-corrected chi connectivity index (χ2v) is 24.4. The summed E-state index contributed by atoms with van der Waals surface area (Å²) in [6.07, 6.45) is 78.9. The smallest absolute Gasteiger partial charge is 0.306 e. The third-order valence-electron chi connectivity index (χ3n) is 15.3. The van der Waals surface area contributed by atoms with Crippen molar-refractivity contribution < 1.29 is 42.9 Å². The van der Waals surface area contributed by atoms with Crippen molar-refractivity contribution in [2.24, 2.45) is 0 Å². The maximum absolute atomic E-state index is 12.9. The number of ether oxygens (including phenoxy) is 4. The van der Waals surface area contributed by atoms with Crippen molar-refractivity contribution in [2.45, 2.75) is 334 Å². The van der Waals surface area contributed by atoms with Crippen LogP contribution in [0.15, 0.2) is 60.8 Å². The van der Waals surface area contributed by atoms with Crippen molar-refractivity contribution in [3.05, 3.63) is 60.8 Å². The number of carboxylic acid groups (broad SMARTS) is 1. The van der Waals surface area contributed by atoms with Gasteiger partial charge in [-0.05, 0) is 57.8 Å². The SMILES string of the molecule is CC/C=C\C/C=C\C/C=C\C/C=C\C/C=C\CCCCCCCC(=O)OC(COC(=O)CCCCCCCCCCCCCCCCCCCCCCCCCCCCCCCCCCCCC)COC(OCC[N+](C)(C)C)C(=O)[O-]. The summed E-state index contributed by atoms with van der Waals surface area (Å²) in [5.41, 5.74) is 0. The number of carboxylic acids is 1. The van der Waals surface area contributed by atoms with Crippen LogP contribution in [0.5, 0.6) is 0 Å². The highest BCUT2D eigenvalue weighted by Crippen LogP contribution is 2.18. The van der Waals surface area contributed by atoms with E-state index in [-0.39, 0.29) is 38.6 Å². The number of unbranched alkanes of at least 4 members (excludes halogenated alkanes) is 39. The predicted molar refractivity (Wildman–Crippen MR) is 343 cm³/mol. The molecule has 9 nitrogen and oxygen atoms in total. The maximum atomic E-state index is 12.9. The zero-order valence-electron chi connectivity index (χ0n) is 53.9.